The first kappa shape index (κ1) is 22.0. The minimum absolute atomic E-state index is 0.0283. The summed E-state index contributed by atoms with van der Waals surface area (Å²) in [6.07, 6.45) is -0.716. The number of hydrogen-bond donors (Lipinski definition) is 1. The Hall–Kier alpha value is -2.81. The molecule has 1 amide bonds. The van der Waals surface area contributed by atoms with Crippen LogP contribution in [0.15, 0.2) is 84.6 Å². The van der Waals surface area contributed by atoms with E-state index >= 15 is 0 Å². The molecule has 2 atom stereocenters. The summed E-state index contributed by atoms with van der Waals surface area (Å²) in [7, 11) is 0. The quantitative estimate of drug-likeness (QED) is 0.367. The van der Waals surface area contributed by atoms with E-state index in [2.05, 4.69) is 40.0 Å². The number of amides is 1. The molecule has 168 valence electrons. The largest absolute Gasteiger partial charge is 0.416 e. The summed E-state index contributed by atoms with van der Waals surface area (Å²) in [5.41, 5.74) is 3.52. The maximum absolute atomic E-state index is 13.5. The van der Waals surface area contributed by atoms with Crippen LogP contribution in [0.2, 0.25) is 0 Å². The molecule has 1 heterocycles. The molecule has 1 N–H and O–H groups in total. The molecule has 3 aromatic carbocycles. The molecule has 0 radical (unpaired) electrons. The lowest BCUT2D eigenvalue weighted by molar-refractivity contribution is -0.137. The Morgan fingerprint density at radius 3 is 2.45 bits per heavy atom. The highest BCUT2D eigenvalue weighted by Crippen LogP contribution is 2.39. The fraction of sp³-hybridized carbons (Fsp3) is 0.192. The van der Waals surface area contributed by atoms with Gasteiger partial charge in [-0.25, -0.2) is 0 Å². The van der Waals surface area contributed by atoms with E-state index in [0.717, 1.165) is 34.1 Å². The maximum atomic E-state index is 13.5. The SMILES string of the molecule is O=C1C(N[C@H]2CCc3ccccc32)=C[C@H](c2cccc(I)c2)N1c1ccc(C(F)(F)F)cc1. The molecule has 1 aliphatic carbocycles. The second-order valence-corrected chi connectivity index (χ2v) is 9.48. The standard InChI is InChI=1S/C26H20F3IN2O/c27-26(28,29)18-9-11-20(12-10-18)32-24(17-5-3-6-19(30)14-17)15-23(25(32)33)31-22-13-8-16-4-1-2-7-21(16)22/h1-7,9-12,14-15,22,24,31H,8,13H2/t22-,24+/m0/s1. The molecule has 0 saturated carbocycles. The van der Waals surface area contributed by atoms with Gasteiger partial charge in [0.15, 0.2) is 0 Å². The molecular formula is C26H20F3IN2O. The summed E-state index contributed by atoms with van der Waals surface area (Å²) < 4.78 is 40.2. The van der Waals surface area contributed by atoms with Gasteiger partial charge in [0.25, 0.3) is 5.91 Å². The molecule has 0 bridgehead atoms. The highest BCUT2D eigenvalue weighted by molar-refractivity contribution is 14.1. The number of carbonyl (C=O) groups excluding carboxylic acids is 1. The molecule has 1 aliphatic heterocycles. The minimum Gasteiger partial charge on any atom is -0.374 e. The van der Waals surface area contributed by atoms with Crippen molar-refractivity contribution < 1.29 is 18.0 Å². The normalized spacial score (nSPS) is 20.1. The Balaban J connectivity index is 1.50. The lowest BCUT2D eigenvalue weighted by Crippen LogP contribution is -2.33. The van der Waals surface area contributed by atoms with Gasteiger partial charge in [0.05, 0.1) is 23.3 Å². The number of halogens is 4. The highest BCUT2D eigenvalue weighted by atomic mass is 127. The fourth-order valence-corrected chi connectivity index (χ4v) is 5.16. The monoisotopic (exact) mass is 560 g/mol. The third kappa shape index (κ3) is 4.26. The van der Waals surface area contributed by atoms with Gasteiger partial charge >= 0.3 is 6.18 Å². The van der Waals surface area contributed by atoms with Gasteiger partial charge in [-0.15, -0.1) is 0 Å². The highest BCUT2D eigenvalue weighted by Gasteiger charge is 2.37. The van der Waals surface area contributed by atoms with E-state index < -0.39 is 17.8 Å². The van der Waals surface area contributed by atoms with Crippen molar-refractivity contribution in [3.63, 3.8) is 0 Å². The van der Waals surface area contributed by atoms with Gasteiger partial charge in [0, 0.05) is 9.26 Å². The Bertz CT molecular complexity index is 1240. The summed E-state index contributed by atoms with van der Waals surface area (Å²) in [5, 5.41) is 3.42. The van der Waals surface area contributed by atoms with E-state index in [1.165, 1.54) is 23.3 Å². The second kappa shape index (κ2) is 8.52. The van der Waals surface area contributed by atoms with Crippen molar-refractivity contribution in [1.82, 2.24) is 5.32 Å². The van der Waals surface area contributed by atoms with E-state index in [1.807, 2.05) is 42.5 Å². The van der Waals surface area contributed by atoms with Crippen LogP contribution in [0.5, 0.6) is 0 Å². The Morgan fingerprint density at radius 1 is 0.970 bits per heavy atom. The van der Waals surface area contributed by atoms with Gasteiger partial charge in [-0.2, -0.15) is 13.2 Å². The van der Waals surface area contributed by atoms with E-state index in [4.69, 9.17) is 0 Å². The van der Waals surface area contributed by atoms with E-state index in [1.54, 1.807) is 4.90 Å². The number of nitrogens with zero attached hydrogens (tertiary/aromatic N) is 1. The zero-order valence-corrected chi connectivity index (χ0v) is 19.6. The van der Waals surface area contributed by atoms with E-state index in [0.29, 0.717) is 11.4 Å². The summed E-state index contributed by atoms with van der Waals surface area (Å²) in [6, 6.07) is 20.4. The van der Waals surface area contributed by atoms with Crippen LogP contribution in [0.25, 0.3) is 0 Å². The predicted molar refractivity (Wildman–Crippen MR) is 130 cm³/mol. The lowest BCUT2D eigenvalue weighted by atomic mass is 10.1. The van der Waals surface area contributed by atoms with Crippen molar-refractivity contribution in [2.24, 2.45) is 0 Å². The fourth-order valence-electron chi connectivity index (χ4n) is 4.59. The number of aryl methyl sites for hydroxylation is 1. The second-order valence-electron chi connectivity index (χ2n) is 8.23. The number of fused-ring (bicyclic) bond motifs is 1. The maximum Gasteiger partial charge on any atom is 0.416 e. The molecule has 0 aromatic heterocycles. The van der Waals surface area contributed by atoms with Gasteiger partial charge in [-0.3, -0.25) is 9.69 Å². The molecular weight excluding hydrogens is 540 g/mol. The number of rotatable bonds is 4. The van der Waals surface area contributed by atoms with Gasteiger partial charge in [0.2, 0.25) is 0 Å². The topological polar surface area (TPSA) is 32.3 Å². The van der Waals surface area contributed by atoms with Gasteiger partial charge in [-0.1, -0.05) is 36.4 Å². The molecule has 3 nitrogen and oxygen atoms in total. The molecule has 0 saturated heterocycles. The molecule has 5 rings (SSSR count). The van der Waals surface area contributed by atoms with Gasteiger partial charge in [-0.05, 0) is 94.6 Å². The number of alkyl halides is 3. The average molecular weight is 560 g/mol. The third-order valence-corrected chi connectivity index (χ3v) is 6.85. The van der Waals surface area contributed by atoms with Crippen molar-refractivity contribution in [1.29, 1.82) is 0 Å². The van der Waals surface area contributed by atoms with Crippen LogP contribution in [0.4, 0.5) is 18.9 Å². The van der Waals surface area contributed by atoms with E-state index in [9.17, 15) is 18.0 Å². The molecule has 33 heavy (non-hydrogen) atoms. The van der Waals surface area contributed by atoms with Crippen LogP contribution >= 0.6 is 22.6 Å². The summed E-state index contributed by atoms with van der Waals surface area (Å²) in [5.74, 6) is -0.247. The van der Waals surface area contributed by atoms with Crippen molar-refractivity contribution in [2.45, 2.75) is 31.1 Å². The van der Waals surface area contributed by atoms with Crippen molar-refractivity contribution in [3.8, 4) is 0 Å². The first-order chi connectivity index (χ1) is 15.8. The molecule has 3 aromatic rings. The zero-order chi connectivity index (χ0) is 23.2. The smallest absolute Gasteiger partial charge is 0.374 e. The molecule has 0 spiro atoms. The summed E-state index contributed by atoms with van der Waals surface area (Å²) >= 11 is 2.21. The van der Waals surface area contributed by atoms with Crippen molar-refractivity contribution in [2.75, 3.05) is 4.90 Å². The van der Waals surface area contributed by atoms with Crippen molar-refractivity contribution in [3.05, 3.63) is 110 Å². The summed E-state index contributed by atoms with van der Waals surface area (Å²) in [6.45, 7) is 0. The van der Waals surface area contributed by atoms with Crippen LogP contribution in [-0.2, 0) is 17.4 Å². The predicted octanol–water partition coefficient (Wildman–Crippen LogP) is 6.56. The number of hydrogen-bond acceptors (Lipinski definition) is 2. The Labute approximate surface area is 203 Å². The van der Waals surface area contributed by atoms with E-state index in [-0.39, 0.29) is 11.9 Å². The third-order valence-electron chi connectivity index (χ3n) is 6.18. The number of anilines is 1. The lowest BCUT2D eigenvalue weighted by Gasteiger charge is -2.26. The number of carbonyl (C=O) groups is 1. The first-order valence-corrected chi connectivity index (χ1v) is 11.7. The van der Waals surface area contributed by atoms with Crippen LogP contribution in [-0.4, -0.2) is 5.91 Å². The summed E-state index contributed by atoms with van der Waals surface area (Å²) in [4.78, 5) is 15.1. The minimum atomic E-state index is -4.43. The number of nitrogens with one attached hydrogen (secondary N) is 1. The Morgan fingerprint density at radius 2 is 1.73 bits per heavy atom. The first-order valence-electron chi connectivity index (χ1n) is 10.6. The number of benzene rings is 3. The van der Waals surface area contributed by atoms with Crippen LogP contribution in [0.3, 0.4) is 0 Å². The van der Waals surface area contributed by atoms with Crippen LogP contribution < -0.4 is 10.2 Å². The van der Waals surface area contributed by atoms with Gasteiger partial charge < -0.3 is 5.32 Å². The Kier molecular flexibility index (Phi) is 5.68. The molecule has 0 unspecified atom stereocenters. The zero-order valence-electron chi connectivity index (χ0n) is 17.4. The van der Waals surface area contributed by atoms with Crippen LogP contribution in [0.1, 0.15) is 40.8 Å². The van der Waals surface area contributed by atoms with Crippen LogP contribution in [0, 0.1) is 3.57 Å². The molecule has 0 fully saturated rings. The molecule has 2 aliphatic rings. The van der Waals surface area contributed by atoms with Gasteiger partial charge in [0.1, 0.15) is 0 Å². The van der Waals surface area contributed by atoms with Crippen molar-refractivity contribution >= 4 is 34.2 Å². The molecule has 7 heteroatoms. The average Bonchev–Trinajstić information content (AvgIpc) is 3.35.